The van der Waals surface area contributed by atoms with Crippen LogP contribution in [-0.4, -0.2) is 11.1 Å². The summed E-state index contributed by atoms with van der Waals surface area (Å²) in [6.07, 6.45) is 35.0. The van der Waals surface area contributed by atoms with Gasteiger partial charge in [0.1, 0.15) is 0 Å². The minimum atomic E-state index is -0.649. The van der Waals surface area contributed by atoms with E-state index in [-0.39, 0.29) is 0 Å². The molecular formula is C30H60O2. The molecule has 2 heteroatoms. The lowest BCUT2D eigenvalue weighted by Gasteiger charge is -2.04. The molecule has 0 aliphatic heterocycles. The summed E-state index contributed by atoms with van der Waals surface area (Å²) in [7, 11) is 0. The van der Waals surface area contributed by atoms with E-state index in [0.717, 1.165) is 12.8 Å². The van der Waals surface area contributed by atoms with Gasteiger partial charge in [-0.25, -0.2) is 0 Å². The molecular weight excluding hydrogens is 392 g/mol. The predicted octanol–water partition coefficient (Wildman–Crippen LogP) is 11.0. The van der Waals surface area contributed by atoms with Gasteiger partial charge in [0, 0.05) is 6.42 Å². The van der Waals surface area contributed by atoms with Crippen LogP contribution in [0.1, 0.15) is 174 Å². The lowest BCUT2D eigenvalue weighted by molar-refractivity contribution is -0.137. The first-order valence-corrected chi connectivity index (χ1v) is 14.5. The lowest BCUT2D eigenvalue weighted by atomic mass is 10.0. The maximum atomic E-state index is 10.4. The van der Waals surface area contributed by atoms with Gasteiger partial charge in [0.05, 0.1) is 0 Å². The zero-order valence-electron chi connectivity index (χ0n) is 22.2. The lowest BCUT2D eigenvalue weighted by Crippen LogP contribution is -1.93. The second kappa shape index (κ2) is 32.4. The van der Waals surface area contributed by atoms with Crippen LogP contribution >= 0.6 is 0 Å². The van der Waals surface area contributed by atoms with Gasteiger partial charge in [0.2, 0.25) is 0 Å². The molecule has 1 N–H and O–H groups in total. The Morgan fingerprint density at radius 2 is 0.625 bits per heavy atom. The van der Waals surface area contributed by atoms with Crippen molar-refractivity contribution in [3.63, 3.8) is 0 Å². The fourth-order valence-electron chi connectivity index (χ4n) is 4.42. The molecule has 0 saturated carbocycles. The van der Waals surface area contributed by atoms with E-state index in [1.807, 2.05) is 0 Å². The SMILES string of the molecule is C=C.CCCCCCCCCCCCCCCCCCCCCCCCCCCC(=O)O. The number of hydrogen-bond acceptors (Lipinski definition) is 1. The van der Waals surface area contributed by atoms with E-state index in [4.69, 9.17) is 5.11 Å². The molecule has 0 aliphatic carbocycles. The summed E-state index contributed by atoms with van der Waals surface area (Å²) < 4.78 is 0. The van der Waals surface area contributed by atoms with Gasteiger partial charge in [0.15, 0.2) is 0 Å². The van der Waals surface area contributed by atoms with E-state index in [9.17, 15) is 4.79 Å². The normalized spacial score (nSPS) is 10.7. The van der Waals surface area contributed by atoms with Gasteiger partial charge in [-0.1, -0.05) is 161 Å². The molecule has 0 aromatic carbocycles. The topological polar surface area (TPSA) is 37.3 Å². The van der Waals surface area contributed by atoms with Crippen molar-refractivity contribution in [2.75, 3.05) is 0 Å². The molecule has 0 aromatic rings. The minimum absolute atomic E-state index is 0.347. The van der Waals surface area contributed by atoms with Crippen LogP contribution in [0.2, 0.25) is 0 Å². The zero-order chi connectivity index (χ0) is 24.0. The smallest absolute Gasteiger partial charge is 0.303 e. The van der Waals surface area contributed by atoms with E-state index in [1.54, 1.807) is 0 Å². The Labute approximate surface area is 203 Å². The summed E-state index contributed by atoms with van der Waals surface area (Å²) >= 11 is 0. The highest BCUT2D eigenvalue weighted by atomic mass is 16.4. The first kappa shape index (κ1) is 33.4. The van der Waals surface area contributed by atoms with Crippen LogP contribution in [0.15, 0.2) is 13.2 Å². The molecule has 2 nitrogen and oxygen atoms in total. The summed E-state index contributed by atoms with van der Waals surface area (Å²) in [5.41, 5.74) is 0. The van der Waals surface area contributed by atoms with Crippen molar-refractivity contribution in [3.05, 3.63) is 13.2 Å². The molecule has 32 heavy (non-hydrogen) atoms. The fourth-order valence-corrected chi connectivity index (χ4v) is 4.42. The van der Waals surface area contributed by atoms with Crippen molar-refractivity contribution in [1.29, 1.82) is 0 Å². The highest BCUT2D eigenvalue weighted by molar-refractivity contribution is 5.66. The number of carbonyl (C=O) groups is 1. The van der Waals surface area contributed by atoms with Crippen LogP contribution in [0.3, 0.4) is 0 Å². The number of aliphatic carboxylic acids is 1. The highest BCUT2D eigenvalue weighted by Crippen LogP contribution is 2.15. The average Bonchev–Trinajstić information content (AvgIpc) is 2.80. The molecule has 0 radical (unpaired) electrons. The number of carboxylic acids is 1. The van der Waals surface area contributed by atoms with Crippen LogP contribution < -0.4 is 0 Å². The summed E-state index contributed by atoms with van der Waals surface area (Å²) in [5, 5.41) is 8.60. The predicted molar refractivity (Wildman–Crippen MR) is 145 cm³/mol. The first-order valence-electron chi connectivity index (χ1n) is 14.5. The third-order valence-electron chi connectivity index (χ3n) is 6.49. The van der Waals surface area contributed by atoms with Gasteiger partial charge in [-0.15, -0.1) is 13.2 Å². The summed E-state index contributed by atoms with van der Waals surface area (Å²) in [4.78, 5) is 10.4. The van der Waals surface area contributed by atoms with Gasteiger partial charge in [-0.2, -0.15) is 0 Å². The van der Waals surface area contributed by atoms with E-state index >= 15 is 0 Å². The van der Waals surface area contributed by atoms with Crippen molar-refractivity contribution in [2.45, 2.75) is 174 Å². The number of carboxylic acid groups (broad SMARTS) is 1. The number of unbranched alkanes of at least 4 members (excludes halogenated alkanes) is 24. The molecule has 0 amide bonds. The fraction of sp³-hybridized carbons (Fsp3) is 0.900. The number of rotatable bonds is 26. The minimum Gasteiger partial charge on any atom is -0.481 e. The summed E-state index contributed by atoms with van der Waals surface area (Å²) in [6, 6.07) is 0. The van der Waals surface area contributed by atoms with E-state index in [1.165, 1.54) is 148 Å². The van der Waals surface area contributed by atoms with Gasteiger partial charge in [-0.3, -0.25) is 4.79 Å². The van der Waals surface area contributed by atoms with Crippen molar-refractivity contribution in [3.8, 4) is 0 Å². The van der Waals surface area contributed by atoms with Crippen LogP contribution in [-0.2, 0) is 4.79 Å². The Morgan fingerprint density at radius 3 is 0.812 bits per heavy atom. The molecule has 0 aliphatic rings. The van der Waals surface area contributed by atoms with E-state index in [2.05, 4.69) is 20.1 Å². The standard InChI is InChI=1S/C28H56O2.C2H4/c1-2-3-4-5-6-7-8-9-10-11-12-13-14-15-16-17-18-19-20-21-22-23-24-25-26-27-28(29)30;1-2/h2-27H2,1H3,(H,29,30);1-2H2. The van der Waals surface area contributed by atoms with E-state index in [0.29, 0.717) is 6.42 Å². The second-order valence-corrected chi connectivity index (χ2v) is 9.63. The highest BCUT2D eigenvalue weighted by Gasteiger charge is 1.97. The number of hydrogen-bond donors (Lipinski definition) is 1. The molecule has 0 atom stereocenters. The van der Waals surface area contributed by atoms with Crippen molar-refractivity contribution in [2.24, 2.45) is 0 Å². The molecule has 0 aromatic heterocycles. The molecule has 0 fully saturated rings. The second-order valence-electron chi connectivity index (χ2n) is 9.63. The quantitative estimate of drug-likeness (QED) is 0.105. The monoisotopic (exact) mass is 452 g/mol. The van der Waals surface area contributed by atoms with Crippen LogP contribution in [0.25, 0.3) is 0 Å². The Morgan fingerprint density at radius 1 is 0.438 bits per heavy atom. The summed E-state index contributed by atoms with van der Waals surface area (Å²) in [6.45, 7) is 8.29. The summed E-state index contributed by atoms with van der Waals surface area (Å²) in [5.74, 6) is -0.649. The third-order valence-corrected chi connectivity index (χ3v) is 6.49. The van der Waals surface area contributed by atoms with Gasteiger partial charge < -0.3 is 5.11 Å². The maximum Gasteiger partial charge on any atom is 0.303 e. The first-order chi connectivity index (χ1) is 15.8. The van der Waals surface area contributed by atoms with Crippen LogP contribution in [0.4, 0.5) is 0 Å². The largest absolute Gasteiger partial charge is 0.481 e. The molecule has 192 valence electrons. The van der Waals surface area contributed by atoms with Crippen LogP contribution in [0.5, 0.6) is 0 Å². The average molecular weight is 453 g/mol. The molecule has 0 spiro atoms. The Balaban J connectivity index is 0. The Hall–Kier alpha value is -0.790. The molecule has 0 unspecified atom stereocenters. The van der Waals surface area contributed by atoms with Gasteiger partial charge >= 0.3 is 5.97 Å². The molecule has 0 bridgehead atoms. The van der Waals surface area contributed by atoms with Crippen LogP contribution in [0, 0.1) is 0 Å². The van der Waals surface area contributed by atoms with Gasteiger partial charge in [0.25, 0.3) is 0 Å². The molecule has 0 saturated heterocycles. The zero-order valence-corrected chi connectivity index (χ0v) is 22.2. The van der Waals surface area contributed by atoms with Crippen molar-refractivity contribution in [1.82, 2.24) is 0 Å². The maximum absolute atomic E-state index is 10.4. The van der Waals surface area contributed by atoms with Crippen molar-refractivity contribution >= 4 is 5.97 Å². The van der Waals surface area contributed by atoms with Crippen molar-refractivity contribution < 1.29 is 9.90 Å². The van der Waals surface area contributed by atoms with Gasteiger partial charge in [-0.05, 0) is 6.42 Å². The molecule has 0 rings (SSSR count). The van der Waals surface area contributed by atoms with E-state index < -0.39 is 5.97 Å². The third kappa shape index (κ3) is 33.8. The molecule has 0 heterocycles. The Bertz CT molecular complexity index is 340. The Kier molecular flexibility index (Phi) is 33.8.